The summed E-state index contributed by atoms with van der Waals surface area (Å²) in [6.07, 6.45) is 0. The first-order valence-electron chi connectivity index (χ1n) is 3.22. The first-order valence-corrected chi connectivity index (χ1v) is 6.24. The molecule has 0 bridgehead atoms. The number of benzene rings is 1. The van der Waals surface area contributed by atoms with E-state index in [1.165, 1.54) is 18.2 Å². The molecule has 0 spiro atoms. The summed E-state index contributed by atoms with van der Waals surface area (Å²) in [5.41, 5.74) is 0.227. The summed E-state index contributed by atoms with van der Waals surface area (Å²) in [4.78, 5) is 0. The molecule has 5 heteroatoms. The predicted molar refractivity (Wildman–Crippen MR) is 41.3 cm³/mol. The number of aliphatic hydroxyl groups is 1. The van der Waals surface area contributed by atoms with Crippen molar-refractivity contribution in [3.8, 4) is 0 Å². The summed E-state index contributed by atoms with van der Waals surface area (Å²) in [7, 11) is 0. The quantitative estimate of drug-likeness (QED) is 0.656. The van der Waals surface area contributed by atoms with Crippen LogP contribution in [-0.2, 0) is 14.3 Å². The molecule has 1 rings (SSSR count). The first-order chi connectivity index (χ1) is 5.55. The van der Waals surface area contributed by atoms with Gasteiger partial charge in [0.1, 0.15) is 0 Å². The minimum absolute atomic E-state index is 0.170. The maximum absolute atomic E-state index is 10.7. The summed E-state index contributed by atoms with van der Waals surface area (Å²) in [5.74, 6) is 0. The number of hydrogen-bond acceptors (Lipinski definition) is 3. The monoisotopic (exact) mass is 236 g/mol. The second-order valence-corrected chi connectivity index (χ2v) is 5.16. The number of hydrogen-bond donors (Lipinski definition) is 2. The van der Waals surface area contributed by atoms with Gasteiger partial charge in [-0.05, 0) is 0 Å². The van der Waals surface area contributed by atoms with Gasteiger partial charge in [-0.15, -0.1) is 0 Å². The molecule has 0 heterocycles. The Bertz CT molecular complexity index is 369. The zero-order valence-corrected chi connectivity index (χ0v) is 7.85. The summed E-state index contributed by atoms with van der Waals surface area (Å²) < 4.78 is 30.0. The van der Waals surface area contributed by atoms with E-state index in [-0.39, 0.29) is 16.6 Å². The second kappa shape index (κ2) is 3.33. The van der Waals surface area contributed by atoms with Crippen molar-refractivity contribution in [1.29, 1.82) is 0 Å². The van der Waals surface area contributed by atoms with Gasteiger partial charge in [0.25, 0.3) is 0 Å². The van der Waals surface area contributed by atoms with Crippen molar-refractivity contribution in [1.82, 2.24) is 0 Å². The molecule has 0 aliphatic rings. The third-order valence-corrected chi connectivity index (χ3v) is 3.42. The van der Waals surface area contributed by atoms with Crippen LogP contribution in [0.5, 0.6) is 0 Å². The van der Waals surface area contributed by atoms with Crippen molar-refractivity contribution >= 4 is 17.5 Å². The van der Waals surface area contributed by atoms with E-state index in [0.717, 1.165) is 0 Å². The molecule has 1 aromatic carbocycles. The molecule has 1 aromatic rings. The van der Waals surface area contributed by atoms with Gasteiger partial charge >= 0.3 is 70.9 Å². The van der Waals surface area contributed by atoms with Gasteiger partial charge in [0, 0.05) is 0 Å². The van der Waals surface area contributed by atoms with Gasteiger partial charge in [-0.1, -0.05) is 0 Å². The molecule has 0 aromatic heterocycles. The van der Waals surface area contributed by atoms with Crippen molar-refractivity contribution in [3.63, 3.8) is 0 Å². The van der Waals surface area contributed by atoms with Crippen molar-refractivity contribution < 1.29 is 17.0 Å². The topological polar surface area (TPSA) is 74.6 Å². The Labute approximate surface area is 71.4 Å². The van der Waals surface area contributed by atoms with Crippen LogP contribution in [0.1, 0.15) is 5.56 Å². The van der Waals surface area contributed by atoms with E-state index < -0.39 is 13.0 Å². The van der Waals surface area contributed by atoms with E-state index in [2.05, 4.69) is 0 Å². The van der Waals surface area contributed by atoms with Gasteiger partial charge in [-0.3, -0.25) is 0 Å². The third-order valence-electron chi connectivity index (χ3n) is 1.42. The van der Waals surface area contributed by atoms with Crippen molar-refractivity contribution in [3.05, 3.63) is 29.8 Å². The van der Waals surface area contributed by atoms with Gasteiger partial charge in [0.05, 0.1) is 0 Å². The molecule has 0 atom stereocenters. The Hall–Kier alpha value is -0.741. The minimum atomic E-state index is -4.93. The van der Waals surface area contributed by atoms with E-state index in [1.807, 2.05) is 0 Å². The summed E-state index contributed by atoms with van der Waals surface area (Å²) in [6, 6.07) is 5.81. The van der Waals surface area contributed by atoms with Crippen LogP contribution in [0.4, 0.5) is 0 Å². The van der Waals surface area contributed by atoms with Crippen LogP contribution >= 0.6 is 0 Å². The Kier molecular flexibility index (Phi) is 2.59. The van der Waals surface area contributed by atoms with Crippen molar-refractivity contribution in [2.75, 3.05) is 0 Å². The molecule has 0 aliphatic heterocycles. The number of rotatable bonds is 2. The molecule has 2 N–H and O–H groups in total. The van der Waals surface area contributed by atoms with E-state index in [4.69, 9.17) is 9.30 Å². The van der Waals surface area contributed by atoms with E-state index in [1.54, 1.807) is 6.07 Å². The van der Waals surface area contributed by atoms with Crippen molar-refractivity contribution in [2.24, 2.45) is 0 Å². The molecule has 4 nitrogen and oxygen atoms in total. The van der Waals surface area contributed by atoms with Gasteiger partial charge in [0.2, 0.25) is 0 Å². The van der Waals surface area contributed by atoms with Gasteiger partial charge in [0.15, 0.2) is 0 Å². The van der Waals surface area contributed by atoms with Crippen LogP contribution in [0.2, 0.25) is 0 Å². The van der Waals surface area contributed by atoms with Crippen LogP contribution in [0.25, 0.3) is 0 Å². The average Bonchev–Trinajstić information content (AvgIpc) is 2.03. The molecule has 0 radical (unpaired) electrons. The Morgan fingerprint density at radius 3 is 2.25 bits per heavy atom. The van der Waals surface area contributed by atoms with Crippen molar-refractivity contribution in [2.45, 2.75) is 6.61 Å². The standard InChI is InChI=1S/C7H8O4Se/c8-5-6-3-1-2-4-7(6)12(9,10)11/h1-4,8H,5H2,(H,9,10,11). The Balaban J connectivity index is 3.33. The molecule has 12 heavy (non-hydrogen) atoms. The first kappa shape index (κ1) is 9.35. The molecule has 0 saturated heterocycles. The van der Waals surface area contributed by atoms with E-state index >= 15 is 0 Å². The SMILES string of the molecule is O=[Se](=O)(O)c1ccccc1CO. The Morgan fingerprint density at radius 2 is 1.83 bits per heavy atom. The summed E-state index contributed by atoms with van der Waals surface area (Å²) in [5, 5.41) is 8.72. The maximum atomic E-state index is 10.7. The molecular formula is C7H8O4Se. The third kappa shape index (κ3) is 1.89. The summed E-state index contributed by atoms with van der Waals surface area (Å²) in [6.45, 7) is -0.389. The zero-order valence-electron chi connectivity index (χ0n) is 6.14. The molecule has 0 saturated carbocycles. The van der Waals surface area contributed by atoms with Crippen LogP contribution in [0, 0.1) is 0 Å². The fraction of sp³-hybridized carbons (Fsp3) is 0.143. The molecular weight excluding hydrogens is 227 g/mol. The van der Waals surface area contributed by atoms with Gasteiger partial charge < -0.3 is 0 Å². The van der Waals surface area contributed by atoms with Crippen LogP contribution in [0.15, 0.2) is 24.3 Å². The van der Waals surface area contributed by atoms with E-state index in [9.17, 15) is 7.67 Å². The van der Waals surface area contributed by atoms with Crippen LogP contribution in [0.3, 0.4) is 0 Å². The van der Waals surface area contributed by atoms with Crippen LogP contribution in [-0.4, -0.2) is 22.3 Å². The average molecular weight is 235 g/mol. The number of aliphatic hydroxyl groups excluding tert-OH is 1. The van der Waals surface area contributed by atoms with Gasteiger partial charge in [-0.25, -0.2) is 0 Å². The second-order valence-electron chi connectivity index (χ2n) is 2.24. The summed E-state index contributed by atoms with van der Waals surface area (Å²) >= 11 is -4.93. The molecule has 0 aliphatic carbocycles. The fourth-order valence-electron chi connectivity index (χ4n) is 0.886. The molecule has 0 fully saturated rings. The molecule has 0 unspecified atom stereocenters. The molecule has 0 amide bonds. The predicted octanol–water partition coefficient (Wildman–Crippen LogP) is -0.822. The van der Waals surface area contributed by atoms with Gasteiger partial charge in [-0.2, -0.15) is 0 Å². The van der Waals surface area contributed by atoms with Crippen LogP contribution < -0.4 is 4.46 Å². The van der Waals surface area contributed by atoms with E-state index in [0.29, 0.717) is 0 Å². The fourth-order valence-corrected chi connectivity index (χ4v) is 2.39. The molecule has 66 valence electrons. The Morgan fingerprint density at radius 1 is 1.25 bits per heavy atom. The normalized spacial score (nSPS) is 11.5. The zero-order chi connectivity index (χ0) is 9.19.